The van der Waals surface area contributed by atoms with E-state index in [9.17, 15) is 4.79 Å². The summed E-state index contributed by atoms with van der Waals surface area (Å²) < 4.78 is 10.4. The number of hydrogen-bond acceptors (Lipinski definition) is 6. The summed E-state index contributed by atoms with van der Waals surface area (Å²) in [6.07, 6.45) is 2.53. The molecule has 0 spiro atoms. The van der Waals surface area contributed by atoms with Gasteiger partial charge in [-0.1, -0.05) is 18.2 Å². The number of nitrogens with one attached hydrogen (secondary N) is 2. The molecule has 1 aromatic heterocycles. The van der Waals surface area contributed by atoms with Crippen molar-refractivity contribution in [1.29, 1.82) is 0 Å². The van der Waals surface area contributed by atoms with Crippen LogP contribution >= 0.6 is 0 Å². The lowest BCUT2D eigenvalue weighted by Crippen LogP contribution is -2.25. The minimum Gasteiger partial charge on any atom is -0.495 e. The molecule has 7 heteroatoms. The number of nitrogens with zero attached hydrogens (tertiary/aromatic N) is 2. The molecule has 146 valence electrons. The Hall–Kier alpha value is -3.19. The Kier molecular flexibility index (Phi) is 6.39. The van der Waals surface area contributed by atoms with Gasteiger partial charge in [0.05, 0.1) is 18.3 Å². The first-order valence-corrected chi connectivity index (χ1v) is 9.07. The minimum absolute atomic E-state index is 0.155. The Balaban J connectivity index is 1.82. The van der Waals surface area contributed by atoms with E-state index in [0.29, 0.717) is 36.1 Å². The Morgan fingerprint density at radius 2 is 2.04 bits per heavy atom. The second kappa shape index (κ2) is 9.14. The third-order valence-corrected chi connectivity index (χ3v) is 4.33. The number of carbonyl (C=O) groups excluding carboxylic acids is 1. The maximum absolute atomic E-state index is 12.4. The van der Waals surface area contributed by atoms with Crippen LogP contribution in [0.4, 0.5) is 11.6 Å². The summed E-state index contributed by atoms with van der Waals surface area (Å²) >= 11 is 0. The lowest BCUT2D eigenvalue weighted by molar-refractivity contribution is 0.0948. The molecule has 2 aromatic carbocycles. The molecule has 0 unspecified atom stereocenters. The summed E-state index contributed by atoms with van der Waals surface area (Å²) in [4.78, 5) is 21.3. The van der Waals surface area contributed by atoms with Crippen LogP contribution in [0.25, 0.3) is 10.9 Å². The van der Waals surface area contributed by atoms with Crippen molar-refractivity contribution < 1.29 is 14.3 Å². The van der Waals surface area contributed by atoms with Crippen LogP contribution < -0.4 is 15.4 Å². The maximum atomic E-state index is 12.4. The van der Waals surface area contributed by atoms with E-state index in [1.165, 1.54) is 0 Å². The maximum Gasteiger partial charge on any atom is 0.251 e. The SMILES string of the molecule is COCCCNC(=O)c1ccc(OC)c(Nc2ncc3cccc(C)c3n2)c1. The van der Waals surface area contributed by atoms with Gasteiger partial charge in [-0.2, -0.15) is 0 Å². The molecule has 0 aliphatic carbocycles. The minimum atomic E-state index is -0.155. The van der Waals surface area contributed by atoms with Crippen LogP contribution in [0.3, 0.4) is 0 Å². The second-order valence-electron chi connectivity index (χ2n) is 6.35. The number of para-hydroxylation sites is 1. The van der Waals surface area contributed by atoms with Gasteiger partial charge in [0.1, 0.15) is 5.75 Å². The highest BCUT2D eigenvalue weighted by molar-refractivity contribution is 5.95. The molecule has 1 heterocycles. The normalized spacial score (nSPS) is 10.7. The lowest BCUT2D eigenvalue weighted by Gasteiger charge is -2.13. The number of benzene rings is 2. The highest BCUT2D eigenvalue weighted by atomic mass is 16.5. The smallest absolute Gasteiger partial charge is 0.251 e. The van der Waals surface area contributed by atoms with E-state index in [1.54, 1.807) is 38.6 Å². The molecule has 0 aliphatic heterocycles. The molecule has 0 saturated carbocycles. The van der Waals surface area contributed by atoms with Gasteiger partial charge in [-0.25, -0.2) is 9.97 Å². The predicted molar refractivity (Wildman–Crippen MR) is 109 cm³/mol. The fraction of sp³-hybridized carbons (Fsp3) is 0.286. The number of carbonyl (C=O) groups is 1. The Bertz CT molecular complexity index is 975. The first kappa shape index (κ1) is 19.6. The number of ether oxygens (including phenoxy) is 2. The zero-order chi connectivity index (χ0) is 19.9. The van der Waals surface area contributed by atoms with Gasteiger partial charge in [-0.3, -0.25) is 4.79 Å². The lowest BCUT2D eigenvalue weighted by atomic mass is 10.1. The molecule has 0 bridgehead atoms. The number of amides is 1. The summed E-state index contributed by atoms with van der Waals surface area (Å²) in [5.74, 6) is 0.888. The fourth-order valence-corrected chi connectivity index (χ4v) is 2.85. The number of aromatic nitrogens is 2. The fourth-order valence-electron chi connectivity index (χ4n) is 2.85. The molecule has 0 aliphatic rings. The summed E-state index contributed by atoms with van der Waals surface area (Å²) in [6.45, 7) is 3.16. The monoisotopic (exact) mass is 380 g/mol. The van der Waals surface area contributed by atoms with Gasteiger partial charge in [-0.15, -0.1) is 0 Å². The molecule has 0 fully saturated rings. The topological polar surface area (TPSA) is 85.4 Å². The van der Waals surface area contributed by atoms with E-state index in [1.807, 2.05) is 25.1 Å². The number of aryl methyl sites for hydroxylation is 1. The van der Waals surface area contributed by atoms with Crippen LogP contribution in [-0.4, -0.2) is 43.2 Å². The Morgan fingerprint density at radius 1 is 1.18 bits per heavy atom. The molecular weight excluding hydrogens is 356 g/mol. The third kappa shape index (κ3) is 4.55. The van der Waals surface area contributed by atoms with E-state index in [4.69, 9.17) is 9.47 Å². The van der Waals surface area contributed by atoms with Crippen molar-refractivity contribution in [3.05, 3.63) is 53.7 Å². The van der Waals surface area contributed by atoms with Gasteiger partial charge in [-0.05, 0) is 37.1 Å². The van der Waals surface area contributed by atoms with E-state index >= 15 is 0 Å². The van der Waals surface area contributed by atoms with Gasteiger partial charge >= 0.3 is 0 Å². The van der Waals surface area contributed by atoms with Gasteiger partial charge in [0.25, 0.3) is 5.91 Å². The van der Waals surface area contributed by atoms with Crippen molar-refractivity contribution in [2.45, 2.75) is 13.3 Å². The summed E-state index contributed by atoms with van der Waals surface area (Å²) in [7, 11) is 3.22. The second-order valence-corrected chi connectivity index (χ2v) is 6.35. The highest BCUT2D eigenvalue weighted by Crippen LogP contribution is 2.28. The van der Waals surface area contributed by atoms with Crippen LogP contribution in [0.2, 0.25) is 0 Å². The summed E-state index contributed by atoms with van der Waals surface area (Å²) in [6, 6.07) is 11.2. The molecule has 7 nitrogen and oxygen atoms in total. The largest absolute Gasteiger partial charge is 0.495 e. The third-order valence-electron chi connectivity index (χ3n) is 4.33. The number of methoxy groups -OCH3 is 2. The van der Waals surface area contributed by atoms with E-state index in [2.05, 4.69) is 20.6 Å². The number of anilines is 2. The standard InChI is InChI=1S/C21H24N4O3/c1-14-6-4-7-16-13-23-21(25-19(14)16)24-17-12-15(8-9-18(17)28-3)20(26)22-10-5-11-27-2/h4,6-9,12-13H,5,10-11H2,1-3H3,(H,22,26)(H,23,24,25). The predicted octanol–water partition coefficient (Wildman–Crippen LogP) is 3.46. The molecule has 1 amide bonds. The molecule has 0 saturated heterocycles. The van der Waals surface area contributed by atoms with Crippen LogP contribution in [0, 0.1) is 6.92 Å². The Morgan fingerprint density at radius 3 is 2.82 bits per heavy atom. The number of hydrogen-bond donors (Lipinski definition) is 2. The van der Waals surface area contributed by atoms with Crippen molar-refractivity contribution in [2.75, 3.05) is 32.7 Å². The van der Waals surface area contributed by atoms with Crippen molar-refractivity contribution in [1.82, 2.24) is 15.3 Å². The molecule has 2 N–H and O–H groups in total. The van der Waals surface area contributed by atoms with E-state index in [0.717, 1.165) is 22.9 Å². The van der Waals surface area contributed by atoms with Gasteiger partial charge in [0.2, 0.25) is 5.95 Å². The summed E-state index contributed by atoms with van der Waals surface area (Å²) in [5.41, 5.74) is 3.10. The molecule has 28 heavy (non-hydrogen) atoms. The van der Waals surface area contributed by atoms with E-state index < -0.39 is 0 Å². The van der Waals surface area contributed by atoms with Crippen molar-refractivity contribution >= 4 is 28.4 Å². The summed E-state index contributed by atoms with van der Waals surface area (Å²) in [5, 5.41) is 7.02. The van der Waals surface area contributed by atoms with Gasteiger partial charge in [0, 0.05) is 37.4 Å². The molecule has 0 atom stereocenters. The molecule has 3 aromatic rings. The average molecular weight is 380 g/mol. The van der Waals surface area contributed by atoms with Crippen LogP contribution in [-0.2, 0) is 4.74 Å². The first-order chi connectivity index (χ1) is 13.6. The van der Waals surface area contributed by atoms with Crippen LogP contribution in [0.1, 0.15) is 22.3 Å². The zero-order valence-corrected chi connectivity index (χ0v) is 16.3. The molecule has 3 rings (SSSR count). The highest BCUT2D eigenvalue weighted by Gasteiger charge is 2.12. The first-order valence-electron chi connectivity index (χ1n) is 9.07. The van der Waals surface area contributed by atoms with Crippen molar-refractivity contribution in [3.63, 3.8) is 0 Å². The van der Waals surface area contributed by atoms with Crippen molar-refractivity contribution in [3.8, 4) is 5.75 Å². The quantitative estimate of drug-likeness (QED) is 0.582. The van der Waals surface area contributed by atoms with Gasteiger partial charge < -0.3 is 20.1 Å². The average Bonchev–Trinajstić information content (AvgIpc) is 2.71. The zero-order valence-electron chi connectivity index (χ0n) is 16.3. The van der Waals surface area contributed by atoms with Crippen LogP contribution in [0.15, 0.2) is 42.6 Å². The van der Waals surface area contributed by atoms with Crippen molar-refractivity contribution in [2.24, 2.45) is 0 Å². The van der Waals surface area contributed by atoms with Gasteiger partial charge in [0.15, 0.2) is 0 Å². The molecular formula is C21H24N4O3. The Labute approximate surface area is 164 Å². The van der Waals surface area contributed by atoms with Crippen LogP contribution in [0.5, 0.6) is 5.75 Å². The molecule has 0 radical (unpaired) electrons. The number of fused-ring (bicyclic) bond motifs is 1. The number of rotatable bonds is 8. The van der Waals surface area contributed by atoms with E-state index in [-0.39, 0.29) is 5.91 Å².